The molecule has 10 heteroatoms. The first-order chi connectivity index (χ1) is 20.4. The summed E-state index contributed by atoms with van der Waals surface area (Å²) in [5, 5.41) is 32.8. The molecule has 0 saturated heterocycles. The Morgan fingerprint density at radius 3 is 2.57 bits per heavy atom. The third kappa shape index (κ3) is 4.84. The molecule has 1 aliphatic rings. The van der Waals surface area contributed by atoms with Gasteiger partial charge in [0, 0.05) is 37.3 Å². The standard InChI is InChI=1S/C32H32N6O4/c1-22(8-6-7-18-36-21-24(17-19-39)33-35-36)32(42)27-10-3-5-12-29(27)37(31(32)41)20-23-13-15-25(16-14-23)38-30(40)26-9-2-4-11-28(26)34-38/h2-6,8-16,21-22,34,39,42H,7,17-20H2,1H3/b8-6+/t22-,32+/m1/s1. The zero-order valence-corrected chi connectivity index (χ0v) is 23.2. The minimum Gasteiger partial charge on any atom is -0.396 e. The van der Waals surface area contributed by atoms with Crippen molar-refractivity contribution < 1.29 is 15.0 Å². The first kappa shape index (κ1) is 27.4. The second kappa shape index (κ2) is 11.2. The van der Waals surface area contributed by atoms with E-state index in [1.54, 1.807) is 27.9 Å². The molecule has 5 aromatic rings. The van der Waals surface area contributed by atoms with E-state index in [0.29, 0.717) is 41.7 Å². The lowest BCUT2D eigenvalue weighted by Crippen LogP contribution is -2.44. The molecule has 0 saturated carbocycles. The van der Waals surface area contributed by atoms with Crippen LogP contribution in [0.2, 0.25) is 0 Å². The van der Waals surface area contributed by atoms with Crippen molar-refractivity contribution in [1.82, 2.24) is 24.8 Å². The molecule has 2 aromatic heterocycles. The molecule has 6 rings (SSSR count). The molecule has 3 heterocycles. The number of anilines is 1. The number of rotatable bonds is 10. The Hall–Kier alpha value is -4.80. The van der Waals surface area contributed by atoms with Gasteiger partial charge < -0.3 is 15.1 Å². The number of benzene rings is 3. The van der Waals surface area contributed by atoms with Gasteiger partial charge in [0.05, 0.1) is 34.5 Å². The molecule has 0 unspecified atom stereocenters. The van der Waals surface area contributed by atoms with Crippen LogP contribution in [0.25, 0.3) is 16.6 Å². The maximum absolute atomic E-state index is 13.8. The van der Waals surface area contributed by atoms with Crippen molar-refractivity contribution in [2.24, 2.45) is 5.92 Å². The van der Waals surface area contributed by atoms with E-state index in [0.717, 1.165) is 16.8 Å². The van der Waals surface area contributed by atoms with Crippen LogP contribution in [-0.4, -0.2) is 47.5 Å². The predicted octanol–water partition coefficient (Wildman–Crippen LogP) is 3.46. The molecule has 3 N–H and O–H groups in total. The van der Waals surface area contributed by atoms with Crippen molar-refractivity contribution in [3.63, 3.8) is 0 Å². The average Bonchev–Trinajstić information content (AvgIpc) is 3.67. The number of fused-ring (bicyclic) bond motifs is 2. The van der Waals surface area contributed by atoms with Crippen LogP contribution in [0.15, 0.2) is 95.9 Å². The van der Waals surface area contributed by atoms with Crippen LogP contribution in [0, 0.1) is 5.92 Å². The Morgan fingerprint density at radius 1 is 1.02 bits per heavy atom. The number of hydrogen-bond acceptors (Lipinski definition) is 6. The molecule has 42 heavy (non-hydrogen) atoms. The summed E-state index contributed by atoms with van der Waals surface area (Å²) in [6.07, 6.45) is 6.73. The third-order valence-corrected chi connectivity index (χ3v) is 7.87. The first-order valence-electron chi connectivity index (χ1n) is 14.0. The fourth-order valence-electron chi connectivity index (χ4n) is 5.56. The number of amides is 1. The zero-order chi connectivity index (χ0) is 29.3. The first-order valence-corrected chi connectivity index (χ1v) is 14.0. The molecule has 0 spiro atoms. The Bertz CT molecular complexity index is 1820. The molecule has 3 aromatic carbocycles. The summed E-state index contributed by atoms with van der Waals surface area (Å²) in [5.41, 5.74) is 2.50. The Kier molecular flexibility index (Phi) is 7.32. The van der Waals surface area contributed by atoms with Crippen LogP contribution < -0.4 is 10.5 Å². The van der Waals surface area contributed by atoms with Gasteiger partial charge in [0.2, 0.25) is 0 Å². The van der Waals surface area contributed by atoms with Gasteiger partial charge in [0.1, 0.15) is 0 Å². The van der Waals surface area contributed by atoms with Crippen molar-refractivity contribution >= 4 is 22.5 Å². The van der Waals surface area contributed by atoms with Gasteiger partial charge in [-0.3, -0.25) is 19.4 Å². The number of aromatic nitrogens is 5. The molecular weight excluding hydrogens is 532 g/mol. The molecule has 0 radical (unpaired) electrons. The lowest BCUT2D eigenvalue weighted by atomic mass is 9.83. The maximum Gasteiger partial charge on any atom is 0.279 e. The SMILES string of the molecule is C[C@H](/C=C/CCn1cc(CCO)nn1)[C@@]1(O)C(=O)N(Cc2ccc(-n3[nH]c4ccccc4c3=O)cc2)c2ccccc21. The Labute approximate surface area is 242 Å². The van der Waals surface area contributed by atoms with E-state index < -0.39 is 11.5 Å². The summed E-state index contributed by atoms with van der Waals surface area (Å²) in [7, 11) is 0. The number of aromatic amines is 1. The molecule has 0 fully saturated rings. The molecule has 214 valence electrons. The van der Waals surface area contributed by atoms with Crippen LogP contribution in [0.4, 0.5) is 5.69 Å². The van der Waals surface area contributed by atoms with E-state index in [1.165, 1.54) is 4.68 Å². The fraction of sp³-hybridized carbons (Fsp3) is 0.250. The minimum atomic E-state index is -1.70. The van der Waals surface area contributed by atoms with Gasteiger partial charge in [-0.2, -0.15) is 0 Å². The number of H-pyrrole nitrogens is 1. The van der Waals surface area contributed by atoms with Crippen molar-refractivity contribution in [2.75, 3.05) is 11.5 Å². The van der Waals surface area contributed by atoms with Gasteiger partial charge in [-0.15, -0.1) is 5.10 Å². The molecule has 0 aliphatic carbocycles. The topological polar surface area (TPSA) is 129 Å². The lowest BCUT2D eigenvalue weighted by molar-refractivity contribution is -0.139. The Balaban J connectivity index is 1.18. The van der Waals surface area contributed by atoms with E-state index in [-0.39, 0.29) is 24.6 Å². The number of allylic oxidation sites excluding steroid dienone is 1. The van der Waals surface area contributed by atoms with Gasteiger partial charge >= 0.3 is 0 Å². The number of nitrogens with zero attached hydrogens (tertiary/aromatic N) is 5. The van der Waals surface area contributed by atoms with Gasteiger partial charge in [0.25, 0.3) is 11.5 Å². The second-order valence-electron chi connectivity index (χ2n) is 10.6. The molecule has 1 amide bonds. The van der Waals surface area contributed by atoms with E-state index >= 15 is 0 Å². The fourth-order valence-corrected chi connectivity index (χ4v) is 5.56. The van der Waals surface area contributed by atoms with Crippen molar-refractivity contribution in [3.8, 4) is 5.69 Å². The van der Waals surface area contributed by atoms with E-state index in [4.69, 9.17) is 5.11 Å². The van der Waals surface area contributed by atoms with E-state index in [9.17, 15) is 14.7 Å². The van der Waals surface area contributed by atoms with Gasteiger partial charge in [-0.1, -0.05) is 66.8 Å². The number of para-hydroxylation sites is 2. The van der Waals surface area contributed by atoms with Gasteiger partial charge in [-0.05, 0) is 42.3 Å². The van der Waals surface area contributed by atoms with Gasteiger partial charge in [0.15, 0.2) is 5.60 Å². The van der Waals surface area contributed by atoms with E-state index in [1.807, 2.05) is 79.7 Å². The number of carbonyl (C=O) groups excluding carboxylic acids is 1. The maximum atomic E-state index is 13.8. The van der Waals surface area contributed by atoms with Crippen LogP contribution >= 0.6 is 0 Å². The predicted molar refractivity (Wildman–Crippen MR) is 159 cm³/mol. The highest BCUT2D eigenvalue weighted by atomic mass is 16.3. The quantitative estimate of drug-likeness (QED) is 0.223. The second-order valence-corrected chi connectivity index (χ2v) is 10.6. The number of hydrogen-bond donors (Lipinski definition) is 3. The van der Waals surface area contributed by atoms with Crippen molar-refractivity contribution in [1.29, 1.82) is 0 Å². The molecular formula is C32H32N6O4. The molecule has 10 nitrogen and oxygen atoms in total. The Morgan fingerprint density at radius 2 is 1.79 bits per heavy atom. The third-order valence-electron chi connectivity index (χ3n) is 7.87. The zero-order valence-electron chi connectivity index (χ0n) is 23.2. The summed E-state index contributed by atoms with van der Waals surface area (Å²) in [6, 6.07) is 22.2. The van der Waals surface area contributed by atoms with Crippen molar-refractivity contribution in [2.45, 2.75) is 38.5 Å². The minimum absolute atomic E-state index is 0.0267. The number of aliphatic hydroxyl groups is 2. The largest absolute Gasteiger partial charge is 0.396 e. The monoisotopic (exact) mass is 564 g/mol. The molecule has 2 atom stereocenters. The molecule has 1 aliphatic heterocycles. The molecule has 0 bridgehead atoms. The van der Waals surface area contributed by atoms with Crippen LogP contribution in [0.5, 0.6) is 0 Å². The number of aryl methyl sites for hydroxylation is 1. The highest BCUT2D eigenvalue weighted by Crippen LogP contribution is 2.45. The summed E-state index contributed by atoms with van der Waals surface area (Å²) in [5.74, 6) is -0.852. The smallest absolute Gasteiger partial charge is 0.279 e. The van der Waals surface area contributed by atoms with E-state index in [2.05, 4.69) is 15.4 Å². The number of aliphatic hydroxyl groups excluding tert-OH is 1. The summed E-state index contributed by atoms with van der Waals surface area (Å²) >= 11 is 0. The summed E-state index contributed by atoms with van der Waals surface area (Å²) in [4.78, 5) is 28.3. The highest BCUT2D eigenvalue weighted by molar-refractivity contribution is 6.07. The lowest BCUT2D eigenvalue weighted by Gasteiger charge is -2.27. The van der Waals surface area contributed by atoms with Crippen LogP contribution in [0.3, 0.4) is 0 Å². The average molecular weight is 565 g/mol. The number of nitrogens with one attached hydrogen (secondary N) is 1. The number of carbonyl (C=O) groups is 1. The highest BCUT2D eigenvalue weighted by Gasteiger charge is 2.52. The summed E-state index contributed by atoms with van der Waals surface area (Å²) in [6.45, 7) is 2.74. The van der Waals surface area contributed by atoms with Gasteiger partial charge in [-0.25, -0.2) is 4.68 Å². The summed E-state index contributed by atoms with van der Waals surface area (Å²) < 4.78 is 3.22. The van der Waals surface area contributed by atoms with Crippen LogP contribution in [0.1, 0.15) is 30.2 Å². The van der Waals surface area contributed by atoms with Crippen molar-refractivity contribution in [3.05, 3.63) is 118 Å². The van der Waals surface area contributed by atoms with Crippen LogP contribution in [-0.2, 0) is 29.9 Å². The normalized spacial score (nSPS) is 17.4.